The van der Waals surface area contributed by atoms with E-state index in [2.05, 4.69) is 155 Å². The van der Waals surface area contributed by atoms with Gasteiger partial charge in [0, 0.05) is 61.8 Å². The Kier molecular flexibility index (Phi) is 71.3. The van der Waals surface area contributed by atoms with E-state index in [0.717, 1.165) is 67.1 Å². The van der Waals surface area contributed by atoms with Crippen LogP contribution in [0.15, 0.2) is 261 Å². The summed E-state index contributed by atoms with van der Waals surface area (Å²) < 4.78 is 18.7. The van der Waals surface area contributed by atoms with Gasteiger partial charge in [0.05, 0.1) is 23.4 Å². The molecule has 0 spiro atoms. The molecular formula is C124H183N3O9S. The van der Waals surface area contributed by atoms with Gasteiger partial charge >= 0.3 is 17.9 Å². The molecule has 1 aromatic heterocycles. The minimum absolute atomic E-state index is 0.0146. The van der Waals surface area contributed by atoms with Crippen LogP contribution in [0.5, 0.6) is 11.5 Å². The summed E-state index contributed by atoms with van der Waals surface area (Å²) in [4.78, 5) is 69.8. The summed E-state index contributed by atoms with van der Waals surface area (Å²) in [6.07, 6.45) is 6.97. The van der Waals surface area contributed by atoms with Crippen LogP contribution in [-0.4, -0.2) is 42.2 Å². The number of para-hydroxylation sites is 3. The monoisotopic (exact) mass is 1890 g/mol. The molecule has 1 aliphatic rings. The van der Waals surface area contributed by atoms with Crippen LogP contribution in [0.1, 0.15) is 344 Å². The quantitative estimate of drug-likeness (QED) is 0.0417. The average Bonchev–Trinajstić information content (AvgIpc) is 1.60. The first-order valence-electron chi connectivity index (χ1n) is 51.4. The molecule has 12 aromatic rings. The maximum absolute atomic E-state index is 12.0. The van der Waals surface area contributed by atoms with E-state index in [1.54, 1.807) is 12.1 Å². The lowest BCUT2D eigenvalue weighted by molar-refractivity contribution is -0.148. The third kappa shape index (κ3) is 47.3. The van der Waals surface area contributed by atoms with Gasteiger partial charge in [-0.2, -0.15) is 0 Å². The minimum Gasteiger partial charge on any atom is -0.465 e. The van der Waals surface area contributed by atoms with Gasteiger partial charge in [-0.25, -0.2) is 0 Å². The molecule has 1 aliphatic carbocycles. The van der Waals surface area contributed by atoms with E-state index >= 15 is 0 Å². The Morgan fingerprint density at radius 1 is 0.372 bits per heavy atom. The highest BCUT2D eigenvalue weighted by Crippen LogP contribution is 2.46. The van der Waals surface area contributed by atoms with Gasteiger partial charge in [-0.3, -0.25) is 28.8 Å². The zero-order chi connectivity index (χ0) is 105. The fraction of sp³-hybridized carbons (Fsp3) is 0.452. The van der Waals surface area contributed by atoms with E-state index in [4.69, 9.17) is 14.2 Å². The average molecular weight is 1890 g/mol. The molecular weight excluding hydrogens is 1710 g/mol. The number of fused-ring (bicyclic) bond motifs is 4. The number of hydrogen-bond donors (Lipinski definition) is 3. The molecule has 6 unspecified atom stereocenters. The summed E-state index contributed by atoms with van der Waals surface area (Å²) in [6.45, 7) is 75.8. The van der Waals surface area contributed by atoms with Gasteiger partial charge in [0.2, 0.25) is 17.7 Å². The normalized spacial score (nSPS) is 12.2. The Bertz CT molecular complexity index is 5070. The largest absolute Gasteiger partial charge is 0.465 e. The highest BCUT2D eigenvalue weighted by Gasteiger charge is 2.30. The van der Waals surface area contributed by atoms with Crippen molar-refractivity contribution in [1.82, 2.24) is 5.32 Å². The Labute approximate surface area is 837 Å². The fourth-order valence-corrected chi connectivity index (χ4v) is 13.8. The van der Waals surface area contributed by atoms with Gasteiger partial charge in [0.15, 0.2) is 0 Å². The van der Waals surface area contributed by atoms with Gasteiger partial charge in [-0.15, -0.1) is 11.3 Å². The second kappa shape index (κ2) is 75.1. The van der Waals surface area contributed by atoms with Crippen molar-refractivity contribution in [1.29, 1.82) is 0 Å². The molecule has 3 N–H and O–H groups in total. The first kappa shape index (κ1) is 130. The van der Waals surface area contributed by atoms with Crippen molar-refractivity contribution in [2.75, 3.05) is 17.2 Å². The van der Waals surface area contributed by atoms with E-state index in [0.29, 0.717) is 42.4 Å². The van der Waals surface area contributed by atoms with E-state index in [9.17, 15) is 28.8 Å². The summed E-state index contributed by atoms with van der Waals surface area (Å²) in [5.41, 5.74) is 10.0. The van der Waals surface area contributed by atoms with Crippen molar-refractivity contribution >= 4 is 100 Å². The molecule has 0 saturated heterocycles. The molecule has 3 amide bonds. The van der Waals surface area contributed by atoms with Gasteiger partial charge in [-0.05, 0) is 208 Å². The van der Waals surface area contributed by atoms with E-state index in [1.807, 2.05) is 378 Å². The molecule has 0 radical (unpaired) electrons. The predicted octanol–water partition coefficient (Wildman–Crippen LogP) is 36.6. The zero-order valence-electron chi connectivity index (χ0n) is 91.9. The van der Waals surface area contributed by atoms with Gasteiger partial charge in [-0.1, -0.05) is 432 Å². The van der Waals surface area contributed by atoms with Crippen molar-refractivity contribution in [3.63, 3.8) is 0 Å². The summed E-state index contributed by atoms with van der Waals surface area (Å²) >= 11 is 1.93. The smallest absolute Gasteiger partial charge is 0.316 e. The summed E-state index contributed by atoms with van der Waals surface area (Å²) in [5.74, 6) is 3.28. The number of carbonyl (C=O) groups excluding carboxylic acids is 6. The van der Waals surface area contributed by atoms with Crippen LogP contribution >= 0.6 is 11.3 Å². The summed E-state index contributed by atoms with van der Waals surface area (Å²) in [7, 11) is 0. The van der Waals surface area contributed by atoms with Crippen LogP contribution in [0, 0.1) is 47.8 Å². The van der Waals surface area contributed by atoms with Crippen molar-refractivity contribution in [2.45, 2.75) is 332 Å². The molecule has 6 atom stereocenters. The Morgan fingerprint density at radius 2 is 0.774 bits per heavy atom. The van der Waals surface area contributed by atoms with E-state index < -0.39 is 10.8 Å². The van der Waals surface area contributed by atoms with Gasteiger partial charge in [0.1, 0.15) is 11.5 Å². The number of aryl methyl sites for hydroxylation is 2. The number of thiophene rings is 1. The maximum Gasteiger partial charge on any atom is 0.316 e. The lowest BCUT2D eigenvalue weighted by Crippen LogP contribution is -2.29. The number of hydrogen-bond acceptors (Lipinski definition) is 10. The van der Waals surface area contributed by atoms with Crippen LogP contribution in [0.2, 0.25) is 0 Å². The number of benzene rings is 11. The number of nitrogens with one attached hydrogen (secondary N) is 3. The molecule has 0 aliphatic heterocycles. The highest BCUT2D eigenvalue weighted by molar-refractivity contribution is 7.26. The van der Waals surface area contributed by atoms with Crippen LogP contribution in [0.25, 0.3) is 41.7 Å². The number of amides is 3. The molecule has 1 heterocycles. The Morgan fingerprint density at radius 3 is 1.24 bits per heavy atom. The summed E-state index contributed by atoms with van der Waals surface area (Å²) in [6, 6.07) is 87.1. The minimum atomic E-state index is -0.439. The first-order chi connectivity index (χ1) is 65.7. The van der Waals surface area contributed by atoms with Crippen molar-refractivity contribution in [3.05, 3.63) is 300 Å². The zero-order valence-corrected chi connectivity index (χ0v) is 92.8. The van der Waals surface area contributed by atoms with Crippen LogP contribution < -0.4 is 25.4 Å². The number of carbonyl (C=O) groups is 6. The first-order valence-corrected chi connectivity index (χ1v) is 52.2. The molecule has 754 valence electrons. The second-order valence-electron chi connectivity index (χ2n) is 33.5. The molecule has 137 heavy (non-hydrogen) atoms. The number of esters is 3. The van der Waals surface area contributed by atoms with Gasteiger partial charge < -0.3 is 30.2 Å². The van der Waals surface area contributed by atoms with Crippen LogP contribution in [-0.2, 0) is 46.5 Å². The third-order valence-corrected chi connectivity index (χ3v) is 24.2. The van der Waals surface area contributed by atoms with Crippen LogP contribution in [0.3, 0.4) is 0 Å². The van der Waals surface area contributed by atoms with E-state index in [-0.39, 0.29) is 58.8 Å². The molecule has 0 fully saturated rings. The third-order valence-electron chi connectivity index (χ3n) is 23.0. The van der Waals surface area contributed by atoms with E-state index in [1.165, 1.54) is 76.3 Å². The highest BCUT2D eigenvalue weighted by atomic mass is 32.1. The Balaban J connectivity index is -0.00000147. The van der Waals surface area contributed by atoms with Crippen molar-refractivity contribution < 1.29 is 43.0 Å². The lowest BCUT2D eigenvalue weighted by atomic mass is 9.89. The second-order valence-corrected chi connectivity index (χ2v) is 34.6. The molecule has 11 aromatic carbocycles. The molecule has 12 nitrogen and oxygen atoms in total. The SMILES string of the molecule is CC.CC.CC.CC.CC.CC.CC.CC.CC1c2cccc3cccc(c23)C1C.CCC(C)(C)C(=O)Nc1ccccc1.CCC(C)(C)C(=O)Oc1ccc2ccccc2c1.CCC(C)(C)C(=O)Oc1ccccc1.CCC(C)C(=O)NCc1cc(C)cc(C)c1.CCC(C)C(=O)Nc1ccccc1.CCC(C)C(=O)OCCc1ccccc1.CCC(C)c1cccc2c1sc1ccccc12. The standard InChI is InChI=1S/C16H18O2.C16H16S.C14H21NO.C14H14.C13H18O2.C12H17NO.C12H16O2.C11H15NO.8C2H6/c1-4-16(2,3)15(17)18-14-10-9-12-7-5-6-8-13(12)11-14;1-3-11(2)12-8-6-9-14-13-7-4-5-10-15(13)17-16(12)14;1-5-12(4)14(16)15-9-13-7-10(2)6-11(3)8-13;1-9-10(2)13-8-4-6-11-5-3-7-12(9)14(11)13;1-3-11(2)13(14)15-10-9-12-7-5-4-6-8-12;1-4-12(2,3)11(14)13-10-8-6-5-7-9-10;1-4-12(2,3)11(13)14-10-8-6-5-7-9-10;1-3-9(2)11(13)12-10-7-5-4-6-8-10;8*1-2/h5-11H,4H2,1-3H3;4-11H,3H2,1-2H3;6-8,12H,5,9H2,1-4H3,(H,15,16);3-10H,1-2H3;4-8,11H,3,9-10H2,1-2H3;5-9H,4H2,1-3H3,(H,13,14);5-9H,4H2,1-3H3;4-9H,3H2,1-2H3,(H,12,13);8*1-2H3. The molecule has 0 saturated carbocycles. The lowest BCUT2D eigenvalue weighted by Gasteiger charge is -2.21. The molecule has 0 bridgehead atoms. The molecule has 13 rings (SSSR count). The van der Waals surface area contributed by atoms with Crippen molar-refractivity contribution in [3.8, 4) is 11.5 Å². The molecule has 13 heteroatoms. The number of rotatable bonds is 23. The number of anilines is 2. The fourth-order valence-electron chi connectivity index (χ4n) is 12.5. The van der Waals surface area contributed by atoms with Crippen LogP contribution in [0.4, 0.5) is 11.4 Å². The topological polar surface area (TPSA) is 166 Å². The van der Waals surface area contributed by atoms with Gasteiger partial charge in [0.25, 0.3) is 0 Å². The number of ether oxygens (including phenoxy) is 3. The van der Waals surface area contributed by atoms with Crippen molar-refractivity contribution in [2.24, 2.45) is 34.0 Å². The summed E-state index contributed by atoms with van der Waals surface area (Å²) in [5, 5.41) is 16.7. The predicted molar refractivity (Wildman–Crippen MR) is 601 cm³/mol. The maximum atomic E-state index is 12.0. The Hall–Kier alpha value is -11.0.